The van der Waals surface area contributed by atoms with E-state index >= 15 is 0 Å². The molecule has 138 valence electrons. The molecule has 1 saturated heterocycles. The zero-order chi connectivity index (χ0) is 17.4. The first-order chi connectivity index (χ1) is 12.1. The van der Waals surface area contributed by atoms with Gasteiger partial charge in [-0.1, -0.05) is 0 Å². The summed E-state index contributed by atoms with van der Waals surface area (Å²) in [5.41, 5.74) is 3.76. The number of carbonyl (C=O) groups excluding carboxylic acids is 2. The fraction of sp³-hybridized carbons (Fsp3) is 0.389. The van der Waals surface area contributed by atoms with Crippen molar-refractivity contribution < 1.29 is 9.59 Å². The summed E-state index contributed by atoms with van der Waals surface area (Å²) in [5, 5.41) is 13.4. The molecule has 7 nitrogen and oxygen atoms in total. The van der Waals surface area contributed by atoms with Gasteiger partial charge < -0.3 is 16.0 Å². The van der Waals surface area contributed by atoms with Crippen LogP contribution in [0.15, 0.2) is 30.6 Å². The molecule has 4 rings (SSSR count). The second kappa shape index (κ2) is 7.47. The Morgan fingerprint density at radius 3 is 2.92 bits per heavy atom. The van der Waals surface area contributed by atoms with Crippen molar-refractivity contribution in [3.05, 3.63) is 41.7 Å². The van der Waals surface area contributed by atoms with Crippen LogP contribution in [0.2, 0.25) is 0 Å². The molecule has 2 aliphatic rings. The number of halogens is 1. The Balaban J connectivity index is 0.00000196. The highest BCUT2D eigenvalue weighted by molar-refractivity contribution is 5.96. The van der Waals surface area contributed by atoms with Crippen LogP contribution in [0, 0.1) is 5.92 Å². The Morgan fingerprint density at radius 1 is 1.31 bits per heavy atom. The Labute approximate surface area is 157 Å². The number of nitrogens with one attached hydrogen (secondary N) is 3. The molecule has 3 heterocycles. The number of carbonyl (C=O) groups is 2. The average molecular weight is 376 g/mol. The molecule has 2 aromatic rings. The SMILES string of the molecule is Cl.Cn1cc([C@H]2CNC[C@@H]2C(=O)Nc2ccc3c(c2)CCC(=O)N3)cn1. The maximum Gasteiger partial charge on any atom is 0.229 e. The molecule has 2 amide bonds. The summed E-state index contributed by atoms with van der Waals surface area (Å²) in [6.45, 7) is 1.44. The number of fused-ring (bicyclic) bond motifs is 1. The van der Waals surface area contributed by atoms with Crippen LogP contribution >= 0.6 is 12.4 Å². The second-order valence-corrected chi connectivity index (χ2v) is 6.73. The van der Waals surface area contributed by atoms with E-state index in [1.54, 1.807) is 4.68 Å². The fourth-order valence-electron chi connectivity index (χ4n) is 3.63. The number of benzene rings is 1. The van der Waals surface area contributed by atoms with E-state index < -0.39 is 0 Å². The minimum Gasteiger partial charge on any atom is -0.326 e. The lowest BCUT2D eigenvalue weighted by atomic mass is 9.90. The lowest BCUT2D eigenvalue weighted by molar-refractivity contribution is -0.119. The molecule has 8 heteroatoms. The van der Waals surface area contributed by atoms with Gasteiger partial charge in [0.25, 0.3) is 0 Å². The van der Waals surface area contributed by atoms with Crippen LogP contribution in [0.5, 0.6) is 0 Å². The molecular formula is C18H22ClN5O2. The lowest BCUT2D eigenvalue weighted by Crippen LogP contribution is -2.28. The second-order valence-electron chi connectivity index (χ2n) is 6.73. The van der Waals surface area contributed by atoms with Crippen LogP contribution in [0.3, 0.4) is 0 Å². The van der Waals surface area contributed by atoms with E-state index in [1.165, 1.54) is 0 Å². The first kappa shape index (κ1) is 18.4. The van der Waals surface area contributed by atoms with Gasteiger partial charge in [-0.3, -0.25) is 14.3 Å². The van der Waals surface area contributed by atoms with Crippen molar-refractivity contribution in [2.24, 2.45) is 13.0 Å². The first-order valence-electron chi connectivity index (χ1n) is 8.53. The zero-order valence-electron chi connectivity index (χ0n) is 14.5. The van der Waals surface area contributed by atoms with Gasteiger partial charge in [-0.25, -0.2) is 0 Å². The molecule has 2 aliphatic heterocycles. The van der Waals surface area contributed by atoms with Crippen molar-refractivity contribution in [1.29, 1.82) is 0 Å². The van der Waals surface area contributed by atoms with Crippen LogP contribution < -0.4 is 16.0 Å². The largest absolute Gasteiger partial charge is 0.326 e. The minimum atomic E-state index is -0.125. The number of anilines is 2. The van der Waals surface area contributed by atoms with Crippen molar-refractivity contribution in [3.8, 4) is 0 Å². The zero-order valence-corrected chi connectivity index (χ0v) is 15.3. The summed E-state index contributed by atoms with van der Waals surface area (Å²) >= 11 is 0. The smallest absolute Gasteiger partial charge is 0.229 e. The molecule has 0 spiro atoms. The summed E-state index contributed by atoms with van der Waals surface area (Å²) in [7, 11) is 1.88. The molecule has 26 heavy (non-hydrogen) atoms. The first-order valence-corrected chi connectivity index (χ1v) is 8.53. The number of rotatable bonds is 3. The van der Waals surface area contributed by atoms with Gasteiger partial charge >= 0.3 is 0 Å². The van der Waals surface area contributed by atoms with Crippen LogP contribution in [0.4, 0.5) is 11.4 Å². The van der Waals surface area contributed by atoms with Crippen molar-refractivity contribution in [1.82, 2.24) is 15.1 Å². The minimum absolute atomic E-state index is 0. The van der Waals surface area contributed by atoms with E-state index in [1.807, 2.05) is 37.6 Å². The Morgan fingerprint density at radius 2 is 2.15 bits per heavy atom. The van der Waals surface area contributed by atoms with E-state index in [4.69, 9.17) is 0 Å². The normalized spacial score (nSPS) is 21.5. The predicted octanol–water partition coefficient (Wildman–Crippen LogP) is 1.67. The monoisotopic (exact) mass is 375 g/mol. The summed E-state index contributed by atoms with van der Waals surface area (Å²) in [5.74, 6) is 0.0600. The molecule has 1 aromatic carbocycles. The van der Waals surface area contributed by atoms with Crippen LogP contribution in [-0.4, -0.2) is 34.7 Å². The highest BCUT2D eigenvalue weighted by Crippen LogP contribution is 2.30. The quantitative estimate of drug-likeness (QED) is 0.761. The molecule has 0 saturated carbocycles. The van der Waals surface area contributed by atoms with Crippen molar-refractivity contribution >= 4 is 35.6 Å². The average Bonchev–Trinajstić information content (AvgIpc) is 3.23. The maximum atomic E-state index is 12.8. The summed E-state index contributed by atoms with van der Waals surface area (Å²) in [6.07, 6.45) is 4.99. The van der Waals surface area contributed by atoms with Gasteiger partial charge in [0.15, 0.2) is 0 Å². The molecular weight excluding hydrogens is 354 g/mol. The summed E-state index contributed by atoms with van der Waals surface area (Å²) < 4.78 is 1.76. The molecule has 0 unspecified atom stereocenters. The van der Waals surface area contributed by atoms with Crippen molar-refractivity contribution in [2.45, 2.75) is 18.8 Å². The van der Waals surface area contributed by atoms with Gasteiger partial charge in [-0.15, -0.1) is 12.4 Å². The van der Waals surface area contributed by atoms with Gasteiger partial charge in [0, 0.05) is 50.0 Å². The summed E-state index contributed by atoms with van der Waals surface area (Å²) in [4.78, 5) is 24.2. The molecule has 3 N–H and O–H groups in total. The topological polar surface area (TPSA) is 88.0 Å². The van der Waals surface area contributed by atoms with E-state index in [9.17, 15) is 9.59 Å². The van der Waals surface area contributed by atoms with Gasteiger partial charge in [0.1, 0.15) is 0 Å². The Kier molecular flexibility index (Phi) is 5.29. The predicted molar refractivity (Wildman–Crippen MR) is 102 cm³/mol. The van der Waals surface area contributed by atoms with Gasteiger partial charge in [-0.05, 0) is 35.7 Å². The number of amides is 2. The molecule has 0 bridgehead atoms. The number of nitrogens with zero attached hydrogens (tertiary/aromatic N) is 2. The molecule has 1 fully saturated rings. The van der Waals surface area contributed by atoms with E-state index in [-0.39, 0.29) is 36.1 Å². The number of hydrogen-bond acceptors (Lipinski definition) is 4. The number of hydrogen-bond donors (Lipinski definition) is 3. The third kappa shape index (κ3) is 3.59. The van der Waals surface area contributed by atoms with Crippen molar-refractivity contribution in [2.75, 3.05) is 23.7 Å². The highest BCUT2D eigenvalue weighted by Gasteiger charge is 2.34. The number of aryl methyl sites for hydroxylation is 2. The maximum absolute atomic E-state index is 12.8. The molecule has 0 aliphatic carbocycles. The third-order valence-corrected chi connectivity index (χ3v) is 4.97. The van der Waals surface area contributed by atoms with Gasteiger partial charge in [0.2, 0.25) is 11.8 Å². The van der Waals surface area contributed by atoms with E-state index in [0.717, 1.165) is 29.0 Å². The van der Waals surface area contributed by atoms with Crippen LogP contribution in [-0.2, 0) is 23.1 Å². The fourth-order valence-corrected chi connectivity index (χ4v) is 3.63. The molecule has 2 atom stereocenters. The van der Waals surface area contributed by atoms with Crippen molar-refractivity contribution in [3.63, 3.8) is 0 Å². The molecule has 0 radical (unpaired) electrons. The molecule has 1 aromatic heterocycles. The van der Waals surface area contributed by atoms with Crippen LogP contribution in [0.25, 0.3) is 0 Å². The Hall–Kier alpha value is -2.38. The van der Waals surface area contributed by atoms with Gasteiger partial charge in [0.05, 0.1) is 12.1 Å². The number of aromatic nitrogens is 2. The standard InChI is InChI=1S/C18H21N5O2.ClH/c1-23-10-12(7-20-23)14-8-19-9-15(14)18(25)21-13-3-4-16-11(6-13)2-5-17(24)22-16;/h3-4,6-7,10,14-15,19H,2,5,8-9H2,1H3,(H,21,25)(H,22,24);1H/t14-,15+;/m1./s1. The lowest BCUT2D eigenvalue weighted by Gasteiger charge is -2.20. The third-order valence-electron chi connectivity index (χ3n) is 4.97. The van der Waals surface area contributed by atoms with Crippen LogP contribution in [0.1, 0.15) is 23.5 Å². The highest BCUT2D eigenvalue weighted by atomic mass is 35.5. The van der Waals surface area contributed by atoms with E-state index in [2.05, 4.69) is 21.0 Å². The van der Waals surface area contributed by atoms with E-state index in [0.29, 0.717) is 19.4 Å². The summed E-state index contributed by atoms with van der Waals surface area (Å²) in [6, 6.07) is 5.64. The van der Waals surface area contributed by atoms with Gasteiger partial charge in [-0.2, -0.15) is 5.10 Å². The Bertz CT molecular complexity index is 835.